The van der Waals surface area contributed by atoms with E-state index in [0.717, 1.165) is 24.5 Å². The lowest BCUT2D eigenvalue weighted by Gasteiger charge is -2.14. The van der Waals surface area contributed by atoms with Crippen LogP contribution >= 0.6 is 0 Å². The molecule has 0 bridgehead atoms. The number of rotatable bonds is 8. The summed E-state index contributed by atoms with van der Waals surface area (Å²) >= 11 is 0. The van der Waals surface area contributed by atoms with Gasteiger partial charge in [-0.1, -0.05) is 17.3 Å². The molecule has 1 amide bonds. The van der Waals surface area contributed by atoms with Gasteiger partial charge in [0.05, 0.1) is 18.7 Å². The highest BCUT2D eigenvalue weighted by atomic mass is 19.4. The molecular weight excluding hydrogens is 547 g/mol. The molecule has 214 valence electrons. The third-order valence-electron chi connectivity index (χ3n) is 7.74. The zero-order valence-corrected chi connectivity index (χ0v) is 21.7. The Balaban J connectivity index is 1.06. The first-order valence-electron chi connectivity index (χ1n) is 13.2. The topological polar surface area (TPSA) is 98.7 Å². The first-order chi connectivity index (χ1) is 19.6. The van der Waals surface area contributed by atoms with Gasteiger partial charge in [-0.05, 0) is 54.9 Å². The predicted molar refractivity (Wildman–Crippen MR) is 136 cm³/mol. The molecule has 0 saturated heterocycles. The van der Waals surface area contributed by atoms with Crippen molar-refractivity contribution in [3.8, 4) is 11.1 Å². The van der Waals surface area contributed by atoms with Crippen molar-refractivity contribution >= 4 is 11.7 Å². The fraction of sp³-hybridized carbons (Fsp3) is 0.393. The van der Waals surface area contributed by atoms with Gasteiger partial charge in [0.1, 0.15) is 23.2 Å². The second kappa shape index (κ2) is 10.3. The number of alkyl halides is 4. The van der Waals surface area contributed by atoms with E-state index in [0.29, 0.717) is 29.8 Å². The van der Waals surface area contributed by atoms with E-state index in [9.17, 15) is 26.7 Å². The Morgan fingerprint density at radius 2 is 1.88 bits per heavy atom. The lowest BCUT2D eigenvalue weighted by molar-refractivity contribution is -0.165. The average molecular weight is 573 g/mol. The van der Waals surface area contributed by atoms with E-state index in [1.54, 1.807) is 29.3 Å². The van der Waals surface area contributed by atoms with Crippen LogP contribution in [0.25, 0.3) is 11.1 Å². The van der Waals surface area contributed by atoms with Crippen molar-refractivity contribution in [1.29, 1.82) is 0 Å². The number of nitrogens with zero attached hydrogens (tertiary/aromatic N) is 5. The highest BCUT2D eigenvalue weighted by Gasteiger charge is 2.66. The number of benzene rings is 1. The largest absolute Gasteiger partial charge is 0.401 e. The van der Waals surface area contributed by atoms with Gasteiger partial charge in [0.2, 0.25) is 5.91 Å². The molecule has 3 heterocycles. The van der Waals surface area contributed by atoms with Gasteiger partial charge in [0.25, 0.3) is 0 Å². The number of carbonyl (C=O) groups excluding carboxylic acids is 1. The highest BCUT2D eigenvalue weighted by molar-refractivity contribution is 5.91. The van der Waals surface area contributed by atoms with E-state index in [4.69, 9.17) is 4.52 Å². The van der Waals surface area contributed by atoms with Crippen molar-refractivity contribution < 1.29 is 31.3 Å². The maximum atomic E-state index is 14.8. The molecule has 2 atom stereocenters. The second-order valence-corrected chi connectivity index (χ2v) is 10.6. The Morgan fingerprint density at radius 3 is 2.54 bits per heavy atom. The smallest absolute Gasteiger partial charge is 0.358 e. The maximum Gasteiger partial charge on any atom is 0.401 e. The zero-order chi connectivity index (χ0) is 28.8. The third kappa shape index (κ3) is 5.44. The Morgan fingerprint density at radius 1 is 1.10 bits per heavy atom. The summed E-state index contributed by atoms with van der Waals surface area (Å²) in [5.74, 6) is -1.27. The summed E-state index contributed by atoms with van der Waals surface area (Å²) in [7, 11) is 0. The Bertz CT molecular complexity index is 1560. The fourth-order valence-corrected chi connectivity index (χ4v) is 5.21. The molecule has 0 aliphatic heterocycles. The van der Waals surface area contributed by atoms with Crippen LogP contribution in [0.5, 0.6) is 0 Å². The van der Waals surface area contributed by atoms with Gasteiger partial charge in [0, 0.05) is 36.6 Å². The number of carbonyl (C=O) groups is 1. The summed E-state index contributed by atoms with van der Waals surface area (Å²) in [6, 6.07) is 5.16. The number of nitrogens with one attached hydrogen (secondary N) is 1. The summed E-state index contributed by atoms with van der Waals surface area (Å²) in [5.41, 5.74) is -0.0227. The number of anilines is 1. The monoisotopic (exact) mass is 572 g/mol. The summed E-state index contributed by atoms with van der Waals surface area (Å²) in [6.45, 7) is 0. The van der Waals surface area contributed by atoms with Gasteiger partial charge < -0.3 is 9.84 Å². The van der Waals surface area contributed by atoms with Crippen LogP contribution in [0.15, 0.2) is 53.6 Å². The van der Waals surface area contributed by atoms with Gasteiger partial charge in [-0.3, -0.25) is 9.48 Å². The fourth-order valence-electron chi connectivity index (χ4n) is 5.21. The lowest BCUT2D eigenvalue weighted by Crippen LogP contribution is -2.28. The first-order valence-corrected chi connectivity index (χ1v) is 13.2. The molecule has 0 spiro atoms. The molecule has 1 aromatic carbocycles. The third-order valence-corrected chi connectivity index (χ3v) is 7.74. The molecule has 6 rings (SSSR count). The maximum absolute atomic E-state index is 14.8. The molecule has 2 saturated carbocycles. The number of hydrogen-bond acceptors (Lipinski definition) is 6. The quantitative estimate of drug-likeness (QED) is 0.264. The molecule has 41 heavy (non-hydrogen) atoms. The van der Waals surface area contributed by atoms with Crippen LogP contribution in [-0.4, -0.2) is 43.2 Å². The molecule has 0 unspecified atom stereocenters. The summed E-state index contributed by atoms with van der Waals surface area (Å²) in [6.07, 6.45) is 3.30. The van der Waals surface area contributed by atoms with E-state index in [1.165, 1.54) is 12.1 Å². The van der Waals surface area contributed by atoms with E-state index in [1.807, 2.05) is 6.20 Å². The molecule has 0 radical (unpaired) electrons. The van der Waals surface area contributed by atoms with Crippen molar-refractivity contribution in [1.82, 2.24) is 24.9 Å². The highest BCUT2D eigenvalue weighted by Crippen LogP contribution is 2.59. The van der Waals surface area contributed by atoms with Gasteiger partial charge in [-0.15, -0.1) is 0 Å². The van der Waals surface area contributed by atoms with Crippen molar-refractivity contribution in [2.45, 2.75) is 68.8 Å². The average Bonchev–Trinajstić information content (AvgIpc) is 3.20. The number of aromatic nitrogens is 5. The van der Waals surface area contributed by atoms with Crippen LogP contribution in [-0.2, 0) is 23.1 Å². The van der Waals surface area contributed by atoms with E-state index < -0.39 is 29.5 Å². The van der Waals surface area contributed by atoms with Crippen LogP contribution < -0.4 is 5.32 Å². The van der Waals surface area contributed by atoms with E-state index >= 15 is 0 Å². The van der Waals surface area contributed by atoms with Gasteiger partial charge in [-0.25, -0.2) is 18.7 Å². The predicted octanol–water partition coefficient (Wildman–Crippen LogP) is 5.90. The second-order valence-electron chi connectivity index (χ2n) is 10.6. The summed E-state index contributed by atoms with van der Waals surface area (Å²) in [5, 5.41) is 10.2. The Hall–Kier alpha value is -4.16. The summed E-state index contributed by atoms with van der Waals surface area (Å²) in [4.78, 5) is 21.1. The minimum Gasteiger partial charge on any atom is -0.358 e. The molecular formula is C28H25F5N6O2. The molecule has 3 aromatic heterocycles. The van der Waals surface area contributed by atoms with Crippen LogP contribution in [0.1, 0.15) is 60.9 Å². The zero-order valence-electron chi connectivity index (χ0n) is 21.7. The molecule has 8 nitrogen and oxygen atoms in total. The van der Waals surface area contributed by atoms with Crippen molar-refractivity contribution in [2.75, 3.05) is 5.32 Å². The lowest BCUT2D eigenvalue weighted by atomic mass is 10.0. The number of hydrogen-bond donors (Lipinski definition) is 1. The van der Waals surface area contributed by atoms with Crippen LogP contribution in [0.2, 0.25) is 0 Å². The minimum atomic E-state index is -4.47. The normalized spacial score (nSPS) is 19.8. The Kier molecular flexibility index (Phi) is 6.82. The first kappa shape index (κ1) is 27.0. The molecule has 13 heteroatoms. The molecule has 2 aliphatic rings. The van der Waals surface area contributed by atoms with Crippen LogP contribution in [0.4, 0.5) is 27.8 Å². The number of amides is 1. The van der Waals surface area contributed by atoms with Crippen LogP contribution in [0, 0.1) is 5.82 Å². The standard InChI is InChI=1S/C28H25F5N6O2/c29-20-2-1-3-22(20)39-15-16(12-36-39)8-24-34-13-19(14-35-24)17-4-5-18(21(30)9-17)10-26(40)37-25-11-23(41-38-25)27(6-7-27)28(31,32)33/h4-5,9,11-15,20,22H,1-3,6-8,10H2,(H,37,38,40)/t20-,22+/m1/s1. The van der Waals surface area contributed by atoms with E-state index in [2.05, 4.69) is 25.5 Å². The van der Waals surface area contributed by atoms with Crippen molar-refractivity contribution in [3.05, 3.63) is 77.6 Å². The SMILES string of the molecule is O=C(Cc1ccc(-c2cnc(Cc3cnn([C@H]4CCC[C@H]4F)c3)nc2)cc1F)Nc1cc(C2(C(F)(F)F)CC2)on1. The van der Waals surface area contributed by atoms with Crippen molar-refractivity contribution in [2.24, 2.45) is 0 Å². The minimum absolute atomic E-state index is 0.0938. The molecule has 2 fully saturated rings. The number of halogens is 5. The molecule has 1 N–H and O–H groups in total. The molecule has 4 aromatic rings. The van der Waals surface area contributed by atoms with Gasteiger partial charge in [0.15, 0.2) is 11.6 Å². The molecule has 2 aliphatic carbocycles. The Labute approximate surface area is 231 Å². The summed E-state index contributed by atoms with van der Waals surface area (Å²) < 4.78 is 75.2. The van der Waals surface area contributed by atoms with Gasteiger partial charge >= 0.3 is 6.18 Å². The van der Waals surface area contributed by atoms with Gasteiger partial charge in [-0.2, -0.15) is 18.3 Å². The van der Waals surface area contributed by atoms with E-state index in [-0.39, 0.29) is 42.4 Å². The van der Waals surface area contributed by atoms with Crippen LogP contribution in [0.3, 0.4) is 0 Å². The van der Waals surface area contributed by atoms with Crippen molar-refractivity contribution in [3.63, 3.8) is 0 Å².